The number of anilines is 1. The van der Waals surface area contributed by atoms with Crippen LogP contribution < -0.4 is 4.90 Å². The minimum atomic E-state index is -0.0112. The molecule has 3 saturated heterocycles. The third-order valence-corrected chi connectivity index (χ3v) is 5.70. The van der Waals surface area contributed by atoms with Crippen LogP contribution in [0, 0.1) is 5.92 Å². The SMILES string of the molecule is CN1CCN(C(=O)c2cncc(N3C[C@@H]4COC[C@H](C3)N(C)C4)n2)CC1. The summed E-state index contributed by atoms with van der Waals surface area (Å²) in [7, 11) is 4.24. The Morgan fingerprint density at radius 1 is 1.08 bits per heavy atom. The molecule has 4 rings (SSSR count). The lowest BCUT2D eigenvalue weighted by Gasteiger charge is -2.32. The summed E-state index contributed by atoms with van der Waals surface area (Å²) in [6.45, 7) is 7.61. The molecule has 3 fully saturated rings. The zero-order valence-electron chi connectivity index (χ0n) is 15.7. The van der Waals surface area contributed by atoms with Crippen molar-refractivity contribution in [3.8, 4) is 0 Å². The number of rotatable bonds is 2. The van der Waals surface area contributed by atoms with E-state index in [1.807, 2.05) is 4.90 Å². The summed E-state index contributed by atoms with van der Waals surface area (Å²) in [5.74, 6) is 1.24. The highest BCUT2D eigenvalue weighted by Gasteiger charge is 2.32. The van der Waals surface area contributed by atoms with Crippen molar-refractivity contribution in [1.29, 1.82) is 0 Å². The lowest BCUT2D eigenvalue weighted by molar-refractivity contribution is 0.0657. The molecule has 2 bridgehead atoms. The summed E-state index contributed by atoms with van der Waals surface area (Å²) in [4.78, 5) is 30.6. The Balaban J connectivity index is 1.51. The van der Waals surface area contributed by atoms with Crippen LogP contribution in [-0.4, -0.2) is 110 Å². The standard InChI is InChI=1S/C18H28N6O2/c1-21-3-5-23(6-4-21)18(25)16-7-19-8-17(20-16)24-10-14-9-22(2)15(11-24)13-26-12-14/h7-8,14-15H,3-6,9-13H2,1-2H3/t14-,15+/m1/s1. The molecular formula is C18H28N6O2. The molecule has 0 saturated carbocycles. The predicted molar refractivity (Wildman–Crippen MR) is 98.4 cm³/mol. The van der Waals surface area contributed by atoms with E-state index in [0.717, 1.165) is 64.8 Å². The molecule has 26 heavy (non-hydrogen) atoms. The van der Waals surface area contributed by atoms with Crippen molar-refractivity contribution in [2.75, 3.05) is 78.0 Å². The van der Waals surface area contributed by atoms with Crippen molar-refractivity contribution in [1.82, 2.24) is 24.7 Å². The van der Waals surface area contributed by atoms with Crippen LogP contribution in [0.5, 0.6) is 0 Å². The van der Waals surface area contributed by atoms with E-state index in [1.54, 1.807) is 12.4 Å². The van der Waals surface area contributed by atoms with Crippen LogP contribution >= 0.6 is 0 Å². The normalized spacial score (nSPS) is 28.1. The Bertz CT molecular complexity index is 648. The van der Waals surface area contributed by atoms with Gasteiger partial charge in [0.2, 0.25) is 0 Å². The molecule has 0 aromatic carbocycles. The van der Waals surface area contributed by atoms with E-state index in [1.165, 1.54) is 0 Å². The minimum absolute atomic E-state index is 0.0112. The Morgan fingerprint density at radius 2 is 1.88 bits per heavy atom. The van der Waals surface area contributed by atoms with Crippen LogP contribution in [-0.2, 0) is 4.74 Å². The topological polar surface area (TPSA) is 65.0 Å². The summed E-state index contributed by atoms with van der Waals surface area (Å²) in [6.07, 6.45) is 3.38. The molecule has 0 radical (unpaired) electrons. The highest BCUT2D eigenvalue weighted by molar-refractivity contribution is 5.92. The molecule has 4 heterocycles. The number of ether oxygens (including phenoxy) is 1. The monoisotopic (exact) mass is 360 g/mol. The van der Waals surface area contributed by atoms with E-state index >= 15 is 0 Å². The Hall–Kier alpha value is -1.77. The van der Waals surface area contributed by atoms with E-state index in [4.69, 9.17) is 4.74 Å². The molecule has 0 spiro atoms. The van der Waals surface area contributed by atoms with Crippen molar-refractivity contribution >= 4 is 11.7 Å². The van der Waals surface area contributed by atoms with Gasteiger partial charge in [-0.15, -0.1) is 0 Å². The van der Waals surface area contributed by atoms with Crippen LogP contribution in [0.3, 0.4) is 0 Å². The average Bonchev–Trinajstić information content (AvgIpc) is 2.90. The number of aromatic nitrogens is 2. The fourth-order valence-electron chi connectivity index (χ4n) is 4.02. The van der Waals surface area contributed by atoms with Crippen molar-refractivity contribution in [3.05, 3.63) is 18.1 Å². The first kappa shape index (κ1) is 17.6. The van der Waals surface area contributed by atoms with E-state index in [2.05, 4.69) is 38.8 Å². The number of carbonyl (C=O) groups excluding carboxylic acids is 1. The maximum atomic E-state index is 12.8. The lowest BCUT2D eigenvalue weighted by atomic mass is 10.1. The molecule has 8 nitrogen and oxygen atoms in total. The molecule has 1 amide bonds. The fourth-order valence-corrected chi connectivity index (χ4v) is 4.02. The number of hydrogen-bond acceptors (Lipinski definition) is 7. The van der Waals surface area contributed by atoms with Gasteiger partial charge in [0.1, 0.15) is 11.5 Å². The first-order chi connectivity index (χ1) is 12.6. The Kier molecular flexibility index (Phi) is 5.06. The van der Waals surface area contributed by atoms with Crippen molar-refractivity contribution in [3.63, 3.8) is 0 Å². The second-order valence-corrected chi connectivity index (χ2v) is 7.76. The Labute approximate surface area is 154 Å². The van der Waals surface area contributed by atoms with Gasteiger partial charge in [-0.05, 0) is 14.1 Å². The largest absolute Gasteiger partial charge is 0.379 e. The minimum Gasteiger partial charge on any atom is -0.379 e. The molecule has 3 aliphatic rings. The van der Waals surface area contributed by atoms with Gasteiger partial charge < -0.3 is 19.4 Å². The van der Waals surface area contributed by atoms with Crippen LogP contribution in [0.1, 0.15) is 10.5 Å². The van der Waals surface area contributed by atoms with E-state index in [9.17, 15) is 4.79 Å². The predicted octanol–water partition coefficient (Wildman–Crippen LogP) is -0.369. The van der Waals surface area contributed by atoms with Gasteiger partial charge in [-0.3, -0.25) is 14.7 Å². The summed E-state index contributed by atoms with van der Waals surface area (Å²) < 4.78 is 5.80. The fraction of sp³-hybridized carbons (Fsp3) is 0.722. The molecule has 1 aromatic heterocycles. The number of nitrogens with zero attached hydrogens (tertiary/aromatic N) is 6. The number of hydrogen-bond donors (Lipinski definition) is 0. The van der Waals surface area contributed by atoms with Gasteiger partial charge in [-0.1, -0.05) is 0 Å². The first-order valence-electron chi connectivity index (χ1n) is 9.43. The van der Waals surface area contributed by atoms with Crippen LogP contribution in [0.15, 0.2) is 12.4 Å². The molecule has 142 valence electrons. The molecule has 3 aliphatic heterocycles. The molecule has 8 heteroatoms. The van der Waals surface area contributed by atoms with Gasteiger partial charge in [0.15, 0.2) is 0 Å². The van der Waals surface area contributed by atoms with Gasteiger partial charge in [0, 0.05) is 51.7 Å². The van der Waals surface area contributed by atoms with E-state index < -0.39 is 0 Å². The van der Waals surface area contributed by atoms with Gasteiger partial charge >= 0.3 is 0 Å². The van der Waals surface area contributed by atoms with Crippen LogP contribution in [0.25, 0.3) is 0 Å². The second kappa shape index (κ2) is 7.46. The van der Waals surface area contributed by atoms with Gasteiger partial charge in [-0.2, -0.15) is 0 Å². The number of carbonyl (C=O) groups is 1. The Morgan fingerprint density at radius 3 is 2.69 bits per heavy atom. The van der Waals surface area contributed by atoms with E-state index in [0.29, 0.717) is 17.7 Å². The highest BCUT2D eigenvalue weighted by atomic mass is 16.5. The summed E-state index contributed by atoms with van der Waals surface area (Å²) in [6, 6.07) is 0.348. The third-order valence-electron chi connectivity index (χ3n) is 5.70. The van der Waals surface area contributed by atoms with Gasteiger partial charge in [0.25, 0.3) is 5.91 Å². The van der Waals surface area contributed by atoms with Crippen molar-refractivity contribution in [2.24, 2.45) is 5.92 Å². The maximum Gasteiger partial charge on any atom is 0.274 e. The third kappa shape index (κ3) is 3.67. The zero-order valence-corrected chi connectivity index (χ0v) is 15.7. The second-order valence-electron chi connectivity index (χ2n) is 7.76. The maximum absolute atomic E-state index is 12.8. The number of likely N-dealkylation sites (N-methyl/N-ethyl adjacent to an activating group) is 2. The summed E-state index contributed by atoms with van der Waals surface area (Å²) in [5, 5.41) is 0. The lowest BCUT2D eigenvalue weighted by Crippen LogP contribution is -2.47. The number of piperazine rings is 1. The summed E-state index contributed by atoms with van der Waals surface area (Å²) in [5.41, 5.74) is 0.450. The quantitative estimate of drug-likeness (QED) is 0.713. The molecule has 0 aliphatic carbocycles. The molecular weight excluding hydrogens is 332 g/mol. The first-order valence-corrected chi connectivity index (χ1v) is 9.43. The molecule has 2 atom stereocenters. The van der Waals surface area contributed by atoms with Crippen LogP contribution in [0.4, 0.5) is 5.82 Å². The van der Waals surface area contributed by atoms with Gasteiger partial charge in [0.05, 0.1) is 31.6 Å². The van der Waals surface area contributed by atoms with Crippen molar-refractivity contribution in [2.45, 2.75) is 6.04 Å². The summed E-state index contributed by atoms with van der Waals surface area (Å²) >= 11 is 0. The highest BCUT2D eigenvalue weighted by Crippen LogP contribution is 2.22. The van der Waals surface area contributed by atoms with Crippen molar-refractivity contribution < 1.29 is 9.53 Å². The van der Waals surface area contributed by atoms with Gasteiger partial charge in [-0.25, -0.2) is 4.98 Å². The number of amides is 1. The number of fused-ring (bicyclic) bond motifs is 3. The molecule has 0 unspecified atom stereocenters. The average molecular weight is 360 g/mol. The van der Waals surface area contributed by atoms with Crippen LogP contribution in [0.2, 0.25) is 0 Å². The van der Waals surface area contributed by atoms with E-state index in [-0.39, 0.29) is 5.91 Å². The molecule has 0 N–H and O–H groups in total. The smallest absolute Gasteiger partial charge is 0.274 e. The zero-order chi connectivity index (χ0) is 18.1. The molecule has 1 aromatic rings.